The van der Waals surface area contributed by atoms with E-state index in [1.807, 2.05) is 0 Å². The van der Waals surface area contributed by atoms with Crippen molar-refractivity contribution in [2.24, 2.45) is 0 Å². The van der Waals surface area contributed by atoms with Crippen LogP contribution in [0.1, 0.15) is 66.2 Å². The number of unbranched alkanes of at least 4 members (excludes halogenated alkanes) is 2. The van der Waals surface area contributed by atoms with E-state index in [1.54, 1.807) is 0 Å². The third kappa shape index (κ3) is 6.40. The van der Waals surface area contributed by atoms with Gasteiger partial charge in [0.2, 0.25) is 0 Å². The first-order valence-corrected chi connectivity index (χ1v) is 7.93. The van der Waals surface area contributed by atoms with Crippen molar-refractivity contribution in [1.82, 2.24) is 10.2 Å². The van der Waals surface area contributed by atoms with Crippen LogP contribution in [-0.2, 0) is 0 Å². The van der Waals surface area contributed by atoms with Crippen molar-refractivity contribution in [3.63, 3.8) is 0 Å². The molecule has 0 saturated heterocycles. The molecule has 1 rings (SSSR count). The first-order chi connectivity index (χ1) is 9.00. The van der Waals surface area contributed by atoms with Crippen LogP contribution in [0, 0.1) is 11.3 Å². The van der Waals surface area contributed by atoms with E-state index < -0.39 is 0 Å². The molecule has 0 spiro atoms. The summed E-state index contributed by atoms with van der Waals surface area (Å²) in [4.78, 5) is 2.51. The smallest absolute Gasteiger partial charge is 0.105 e. The molecule has 0 aromatic rings. The minimum Gasteiger partial charge on any atom is -0.301 e. The fourth-order valence-electron chi connectivity index (χ4n) is 2.40. The van der Waals surface area contributed by atoms with Crippen LogP contribution < -0.4 is 5.32 Å². The number of nitrogens with one attached hydrogen (secondary N) is 1. The fourth-order valence-corrected chi connectivity index (χ4v) is 2.40. The van der Waals surface area contributed by atoms with E-state index >= 15 is 0 Å². The highest BCUT2D eigenvalue weighted by atomic mass is 15.1. The van der Waals surface area contributed by atoms with E-state index in [-0.39, 0.29) is 5.54 Å². The molecule has 1 aliphatic rings. The average molecular weight is 265 g/mol. The molecule has 0 aliphatic heterocycles. The molecule has 110 valence electrons. The Bertz CT molecular complexity index is 291. The summed E-state index contributed by atoms with van der Waals surface area (Å²) >= 11 is 0. The third-order valence-electron chi connectivity index (χ3n) is 4.02. The SMILES string of the molecule is CCCCCN(CCC(C)(C#N)NC1CC1)C(C)C. The van der Waals surface area contributed by atoms with Gasteiger partial charge in [-0.05, 0) is 53.0 Å². The van der Waals surface area contributed by atoms with Gasteiger partial charge in [-0.15, -0.1) is 0 Å². The van der Waals surface area contributed by atoms with Crippen molar-refractivity contribution in [1.29, 1.82) is 5.26 Å². The molecule has 3 nitrogen and oxygen atoms in total. The summed E-state index contributed by atoms with van der Waals surface area (Å²) < 4.78 is 0. The highest BCUT2D eigenvalue weighted by molar-refractivity contribution is 5.07. The lowest BCUT2D eigenvalue weighted by atomic mass is 9.98. The van der Waals surface area contributed by atoms with Gasteiger partial charge in [-0.3, -0.25) is 5.32 Å². The number of nitriles is 1. The number of hydrogen-bond acceptors (Lipinski definition) is 3. The van der Waals surface area contributed by atoms with E-state index in [0.717, 1.165) is 19.5 Å². The van der Waals surface area contributed by atoms with Crippen LogP contribution in [0.25, 0.3) is 0 Å². The van der Waals surface area contributed by atoms with Gasteiger partial charge >= 0.3 is 0 Å². The Morgan fingerprint density at radius 3 is 2.47 bits per heavy atom. The maximum absolute atomic E-state index is 9.40. The molecule has 19 heavy (non-hydrogen) atoms. The Labute approximate surface area is 119 Å². The summed E-state index contributed by atoms with van der Waals surface area (Å²) in [6.07, 6.45) is 7.24. The van der Waals surface area contributed by atoms with Gasteiger partial charge in [0.1, 0.15) is 5.54 Å². The maximum Gasteiger partial charge on any atom is 0.105 e. The zero-order valence-electron chi connectivity index (χ0n) is 13.2. The monoisotopic (exact) mass is 265 g/mol. The lowest BCUT2D eigenvalue weighted by Crippen LogP contribution is -2.46. The van der Waals surface area contributed by atoms with Crippen molar-refractivity contribution in [3.05, 3.63) is 0 Å². The molecule has 0 bridgehead atoms. The van der Waals surface area contributed by atoms with Crippen molar-refractivity contribution in [2.45, 2.75) is 83.8 Å². The van der Waals surface area contributed by atoms with Gasteiger partial charge in [0.05, 0.1) is 6.07 Å². The molecule has 3 heteroatoms. The van der Waals surface area contributed by atoms with Gasteiger partial charge in [0.15, 0.2) is 0 Å². The van der Waals surface area contributed by atoms with Crippen LogP contribution in [0.2, 0.25) is 0 Å². The maximum atomic E-state index is 9.40. The molecule has 1 N–H and O–H groups in total. The first kappa shape index (κ1) is 16.5. The van der Waals surface area contributed by atoms with Crippen LogP contribution in [0.4, 0.5) is 0 Å². The van der Waals surface area contributed by atoms with Gasteiger partial charge < -0.3 is 4.90 Å². The molecule has 1 fully saturated rings. The molecule has 1 unspecified atom stereocenters. The van der Waals surface area contributed by atoms with Gasteiger partial charge in [0, 0.05) is 18.6 Å². The topological polar surface area (TPSA) is 39.1 Å². The van der Waals surface area contributed by atoms with E-state index in [4.69, 9.17) is 0 Å². The average Bonchev–Trinajstić information content (AvgIpc) is 3.17. The lowest BCUT2D eigenvalue weighted by molar-refractivity contribution is 0.197. The Hall–Kier alpha value is -0.590. The normalized spacial score (nSPS) is 18.6. The van der Waals surface area contributed by atoms with Crippen molar-refractivity contribution in [2.75, 3.05) is 13.1 Å². The van der Waals surface area contributed by atoms with E-state index in [2.05, 4.69) is 44.0 Å². The zero-order chi connectivity index (χ0) is 14.3. The molecular formula is C16H31N3. The summed E-state index contributed by atoms with van der Waals surface area (Å²) in [7, 11) is 0. The highest BCUT2D eigenvalue weighted by Gasteiger charge is 2.32. The zero-order valence-corrected chi connectivity index (χ0v) is 13.2. The predicted molar refractivity (Wildman–Crippen MR) is 81.0 cm³/mol. The first-order valence-electron chi connectivity index (χ1n) is 7.93. The number of hydrogen-bond donors (Lipinski definition) is 1. The van der Waals surface area contributed by atoms with Crippen molar-refractivity contribution >= 4 is 0 Å². The van der Waals surface area contributed by atoms with Crippen LogP contribution in [0.3, 0.4) is 0 Å². The minimum atomic E-state index is -0.348. The van der Waals surface area contributed by atoms with E-state index in [1.165, 1.54) is 32.1 Å². The predicted octanol–water partition coefficient (Wildman–Crippen LogP) is 3.31. The Morgan fingerprint density at radius 1 is 1.32 bits per heavy atom. The Morgan fingerprint density at radius 2 is 2.00 bits per heavy atom. The Kier molecular flexibility index (Phi) is 6.82. The minimum absolute atomic E-state index is 0.348. The second-order valence-corrected chi connectivity index (χ2v) is 6.45. The lowest BCUT2D eigenvalue weighted by Gasteiger charge is -2.31. The van der Waals surface area contributed by atoms with Crippen LogP contribution in [0.5, 0.6) is 0 Å². The molecule has 0 aromatic heterocycles. The van der Waals surface area contributed by atoms with Gasteiger partial charge in [0.25, 0.3) is 0 Å². The molecule has 1 aliphatic carbocycles. The van der Waals surface area contributed by atoms with Gasteiger partial charge in [-0.1, -0.05) is 19.8 Å². The van der Waals surface area contributed by atoms with E-state index in [0.29, 0.717) is 12.1 Å². The molecule has 0 radical (unpaired) electrons. The number of nitrogens with zero attached hydrogens (tertiary/aromatic N) is 2. The molecule has 0 amide bonds. The Balaban J connectivity index is 2.37. The van der Waals surface area contributed by atoms with Crippen LogP contribution in [0.15, 0.2) is 0 Å². The van der Waals surface area contributed by atoms with Gasteiger partial charge in [-0.2, -0.15) is 5.26 Å². The summed E-state index contributed by atoms with van der Waals surface area (Å²) in [5.41, 5.74) is -0.348. The second kappa shape index (κ2) is 7.87. The van der Waals surface area contributed by atoms with Crippen LogP contribution >= 0.6 is 0 Å². The summed E-state index contributed by atoms with van der Waals surface area (Å²) in [5, 5.41) is 12.9. The summed E-state index contributed by atoms with van der Waals surface area (Å²) in [6.45, 7) is 11.0. The van der Waals surface area contributed by atoms with Crippen molar-refractivity contribution < 1.29 is 0 Å². The summed E-state index contributed by atoms with van der Waals surface area (Å²) in [6, 6.07) is 3.64. The van der Waals surface area contributed by atoms with Crippen LogP contribution in [-0.4, -0.2) is 35.6 Å². The quantitative estimate of drug-likeness (QED) is 0.616. The largest absolute Gasteiger partial charge is 0.301 e. The van der Waals surface area contributed by atoms with E-state index in [9.17, 15) is 5.26 Å². The van der Waals surface area contributed by atoms with Gasteiger partial charge in [-0.25, -0.2) is 0 Å². The van der Waals surface area contributed by atoms with Crippen molar-refractivity contribution in [3.8, 4) is 6.07 Å². The molecule has 1 saturated carbocycles. The summed E-state index contributed by atoms with van der Waals surface area (Å²) in [5.74, 6) is 0. The fraction of sp³-hybridized carbons (Fsp3) is 0.938. The molecule has 1 atom stereocenters. The molecule has 0 heterocycles. The molecular weight excluding hydrogens is 234 g/mol. The second-order valence-electron chi connectivity index (χ2n) is 6.45. The number of rotatable bonds is 10. The highest BCUT2D eigenvalue weighted by Crippen LogP contribution is 2.24. The standard InChI is InChI=1S/C16H31N3/c1-5-6-7-11-19(14(2)3)12-10-16(4,13-17)18-15-8-9-15/h14-15,18H,5-12H2,1-4H3. The third-order valence-corrected chi connectivity index (χ3v) is 4.02. The molecule has 0 aromatic carbocycles.